The second-order valence-electron chi connectivity index (χ2n) is 6.62. The third kappa shape index (κ3) is 5.04. The predicted octanol–water partition coefficient (Wildman–Crippen LogP) is 5.70. The maximum Gasteiger partial charge on any atom is 0.139 e. The van der Waals surface area contributed by atoms with Gasteiger partial charge in [-0.25, -0.2) is 9.97 Å². The van der Waals surface area contributed by atoms with Gasteiger partial charge in [-0.2, -0.15) is 11.8 Å². The highest BCUT2D eigenvalue weighted by molar-refractivity contribution is 7.98. The summed E-state index contributed by atoms with van der Waals surface area (Å²) in [7, 11) is 0. The molecule has 3 nitrogen and oxygen atoms in total. The van der Waals surface area contributed by atoms with E-state index >= 15 is 0 Å². The van der Waals surface area contributed by atoms with Crippen molar-refractivity contribution in [3.05, 3.63) is 34.6 Å². The molecule has 130 valence electrons. The van der Waals surface area contributed by atoms with Gasteiger partial charge in [0.05, 0.1) is 0 Å². The molecule has 2 aromatic heterocycles. The fourth-order valence-corrected chi connectivity index (χ4v) is 4.41. The Morgan fingerprint density at radius 2 is 2.08 bits per heavy atom. The second kappa shape index (κ2) is 8.45. The highest BCUT2D eigenvalue weighted by Crippen LogP contribution is 2.33. The van der Waals surface area contributed by atoms with Gasteiger partial charge in [-0.3, -0.25) is 4.79 Å². The third-order valence-corrected chi connectivity index (χ3v) is 6.56. The first kappa shape index (κ1) is 19.4. The number of nitrogens with zero attached hydrogens (tertiary/aromatic N) is 2. The van der Waals surface area contributed by atoms with Crippen molar-refractivity contribution >= 4 is 40.5 Å². The van der Waals surface area contributed by atoms with E-state index in [2.05, 4.69) is 16.9 Å². The number of rotatable bonds is 8. The van der Waals surface area contributed by atoms with Gasteiger partial charge in [0.1, 0.15) is 15.9 Å². The fraction of sp³-hybridized carbons (Fsp3) is 0.500. The summed E-state index contributed by atoms with van der Waals surface area (Å²) in [5, 5.41) is 1.42. The molecule has 0 fully saturated rings. The number of Topliss-reactive ketones (excluding diaryl/α,β-unsaturated/α-hetero) is 1. The highest BCUT2D eigenvalue weighted by Gasteiger charge is 2.27. The van der Waals surface area contributed by atoms with Gasteiger partial charge in [0, 0.05) is 40.4 Å². The number of thioether (sulfide) groups is 1. The number of halogens is 1. The molecule has 0 spiro atoms. The molecule has 0 aliphatic carbocycles. The maximum absolute atomic E-state index is 12.4. The van der Waals surface area contributed by atoms with Crippen LogP contribution in [-0.2, 0) is 4.79 Å². The zero-order chi connectivity index (χ0) is 17.7. The van der Waals surface area contributed by atoms with Crippen LogP contribution >= 0.6 is 34.7 Å². The van der Waals surface area contributed by atoms with E-state index in [0.29, 0.717) is 23.3 Å². The molecule has 0 saturated heterocycles. The summed E-state index contributed by atoms with van der Waals surface area (Å²) in [6.07, 6.45) is 7.17. The predicted molar refractivity (Wildman–Crippen MR) is 105 cm³/mol. The molecule has 6 heteroatoms. The molecule has 24 heavy (non-hydrogen) atoms. The highest BCUT2D eigenvalue weighted by atomic mass is 35.5. The first-order chi connectivity index (χ1) is 11.3. The molecule has 0 aliphatic rings. The number of ketones is 1. The number of hydrogen-bond donors (Lipinski definition) is 0. The van der Waals surface area contributed by atoms with Crippen LogP contribution in [0.5, 0.6) is 0 Å². The van der Waals surface area contributed by atoms with Crippen molar-refractivity contribution in [1.29, 1.82) is 0 Å². The van der Waals surface area contributed by atoms with Crippen LogP contribution in [0.3, 0.4) is 0 Å². The van der Waals surface area contributed by atoms with E-state index in [0.717, 1.165) is 22.7 Å². The van der Waals surface area contributed by atoms with Gasteiger partial charge in [-0.05, 0) is 30.7 Å². The minimum absolute atomic E-state index is 0.243. The molecule has 0 radical (unpaired) electrons. The molecule has 1 atom stereocenters. The van der Waals surface area contributed by atoms with Crippen LogP contribution in [0.15, 0.2) is 24.5 Å². The number of carbonyl (C=O) groups is 1. The van der Waals surface area contributed by atoms with Crippen molar-refractivity contribution in [3.63, 3.8) is 0 Å². The van der Waals surface area contributed by atoms with Crippen LogP contribution in [0.25, 0.3) is 10.6 Å². The lowest BCUT2D eigenvalue weighted by Gasteiger charge is -2.22. The van der Waals surface area contributed by atoms with Crippen molar-refractivity contribution in [3.8, 4) is 10.6 Å². The zero-order valence-corrected chi connectivity index (χ0v) is 16.9. The first-order valence-electron chi connectivity index (χ1n) is 7.93. The monoisotopic (exact) mass is 382 g/mol. The first-order valence-corrected chi connectivity index (χ1v) is 10.5. The molecule has 0 aromatic carbocycles. The molecule has 0 N–H and O–H groups in total. The van der Waals surface area contributed by atoms with Gasteiger partial charge in [0.2, 0.25) is 0 Å². The van der Waals surface area contributed by atoms with E-state index in [-0.39, 0.29) is 5.41 Å². The Bertz CT molecular complexity index is 683. The Balaban J connectivity index is 1.97. The van der Waals surface area contributed by atoms with Crippen molar-refractivity contribution < 1.29 is 4.79 Å². The van der Waals surface area contributed by atoms with Gasteiger partial charge in [-0.15, -0.1) is 11.3 Å². The summed E-state index contributed by atoms with van der Waals surface area (Å²) in [4.78, 5) is 22.2. The zero-order valence-electron chi connectivity index (χ0n) is 14.5. The quantitative estimate of drug-likeness (QED) is 0.549. The molecule has 0 aliphatic heterocycles. The molecule has 0 amide bonds. The number of hydrogen-bond acceptors (Lipinski definition) is 5. The van der Waals surface area contributed by atoms with Gasteiger partial charge in [0.25, 0.3) is 0 Å². The van der Waals surface area contributed by atoms with Gasteiger partial charge >= 0.3 is 0 Å². The summed E-state index contributed by atoms with van der Waals surface area (Å²) >= 11 is 9.21. The fourth-order valence-electron chi connectivity index (χ4n) is 2.42. The average Bonchev–Trinajstić information content (AvgIpc) is 3.03. The molecule has 0 bridgehead atoms. The van der Waals surface area contributed by atoms with Crippen molar-refractivity contribution in [1.82, 2.24) is 9.97 Å². The molecule has 2 rings (SSSR count). The van der Waals surface area contributed by atoms with Crippen LogP contribution in [0.4, 0.5) is 0 Å². The standard InChI is InChI=1S/C18H23ClN2OS2/c1-12(5-7-15(22)18(2,3)11-23-4)14-10-21-17(24-14)13-6-8-16(19)20-9-13/h6,8-10,12H,5,7,11H2,1-4H3. The topological polar surface area (TPSA) is 42.9 Å². The van der Waals surface area contributed by atoms with Gasteiger partial charge < -0.3 is 0 Å². The Kier molecular flexibility index (Phi) is 6.84. The van der Waals surface area contributed by atoms with Gasteiger partial charge in [0.15, 0.2) is 0 Å². The molecule has 1 unspecified atom stereocenters. The Labute approximate surface area is 157 Å². The maximum atomic E-state index is 12.4. The molecule has 2 heterocycles. The summed E-state index contributed by atoms with van der Waals surface area (Å²) in [6.45, 7) is 6.23. The lowest BCUT2D eigenvalue weighted by molar-refractivity contribution is -0.126. The van der Waals surface area contributed by atoms with Gasteiger partial charge in [-0.1, -0.05) is 32.4 Å². The van der Waals surface area contributed by atoms with Crippen LogP contribution in [-0.4, -0.2) is 27.8 Å². The normalized spacial score (nSPS) is 13.0. The van der Waals surface area contributed by atoms with Crippen LogP contribution < -0.4 is 0 Å². The molecule has 0 saturated carbocycles. The Morgan fingerprint density at radius 1 is 1.33 bits per heavy atom. The summed E-state index contributed by atoms with van der Waals surface area (Å²) in [5.74, 6) is 1.54. The van der Waals surface area contributed by atoms with E-state index in [4.69, 9.17) is 11.6 Å². The smallest absolute Gasteiger partial charge is 0.139 e. The van der Waals surface area contributed by atoms with E-state index in [1.54, 1.807) is 35.4 Å². The van der Waals surface area contributed by atoms with Crippen LogP contribution in [0, 0.1) is 5.41 Å². The largest absolute Gasteiger partial charge is 0.299 e. The van der Waals surface area contributed by atoms with E-state index < -0.39 is 0 Å². The molecular weight excluding hydrogens is 360 g/mol. The molecule has 2 aromatic rings. The number of aromatic nitrogens is 2. The lowest BCUT2D eigenvalue weighted by Crippen LogP contribution is -2.26. The van der Waals surface area contributed by atoms with Crippen LogP contribution in [0.2, 0.25) is 5.15 Å². The molecular formula is C18H23ClN2OS2. The Hall–Kier alpha value is -0.910. The van der Waals surface area contributed by atoms with Crippen molar-refractivity contribution in [2.24, 2.45) is 5.41 Å². The lowest BCUT2D eigenvalue weighted by atomic mass is 9.86. The van der Waals surface area contributed by atoms with E-state index in [9.17, 15) is 4.79 Å². The van der Waals surface area contributed by atoms with E-state index in [1.165, 1.54) is 4.88 Å². The summed E-state index contributed by atoms with van der Waals surface area (Å²) in [6, 6.07) is 3.70. The SMILES string of the molecule is CSCC(C)(C)C(=O)CCC(C)c1cnc(-c2ccc(Cl)nc2)s1. The van der Waals surface area contributed by atoms with Crippen molar-refractivity contribution in [2.45, 2.75) is 39.5 Å². The van der Waals surface area contributed by atoms with Crippen molar-refractivity contribution in [2.75, 3.05) is 12.0 Å². The average molecular weight is 383 g/mol. The third-order valence-electron chi connectivity index (χ3n) is 4.05. The minimum atomic E-state index is -0.243. The van der Waals surface area contributed by atoms with Crippen LogP contribution in [0.1, 0.15) is 44.4 Å². The number of thiazole rings is 1. The second-order valence-corrected chi connectivity index (χ2v) is 8.93. The minimum Gasteiger partial charge on any atom is -0.299 e. The summed E-state index contributed by atoms with van der Waals surface area (Å²) in [5.41, 5.74) is 0.729. The number of carbonyl (C=O) groups excluding carboxylic acids is 1. The summed E-state index contributed by atoms with van der Waals surface area (Å²) < 4.78 is 0. The Morgan fingerprint density at radius 3 is 2.71 bits per heavy atom. The number of pyridine rings is 1. The van der Waals surface area contributed by atoms with E-state index in [1.807, 2.05) is 32.4 Å².